The van der Waals surface area contributed by atoms with Crippen molar-refractivity contribution in [3.05, 3.63) is 29.3 Å². The molecule has 0 radical (unpaired) electrons. The summed E-state index contributed by atoms with van der Waals surface area (Å²) in [6.07, 6.45) is 4.85. The molecule has 3 nitrogen and oxygen atoms in total. The van der Waals surface area contributed by atoms with Crippen LogP contribution in [-0.4, -0.2) is 19.2 Å². The van der Waals surface area contributed by atoms with E-state index in [-0.39, 0.29) is 0 Å². The molecule has 1 unspecified atom stereocenters. The largest absolute Gasteiger partial charge is 0.492 e. The summed E-state index contributed by atoms with van der Waals surface area (Å²) in [5.74, 6) is 0.746. The van der Waals surface area contributed by atoms with Gasteiger partial charge in [-0.25, -0.2) is 0 Å². The van der Waals surface area contributed by atoms with E-state index >= 15 is 0 Å². The molecule has 1 aromatic rings. The molecule has 2 rings (SSSR count). The van der Waals surface area contributed by atoms with Crippen molar-refractivity contribution in [2.75, 3.05) is 13.2 Å². The summed E-state index contributed by atoms with van der Waals surface area (Å²) in [6, 6.07) is 8.44. The first-order valence-electron chi connectivity index (χ1n) is 6.67. The van der Waals surface area contributed by atoms with E-state index in [1.807, 2.05) is 19.1 Å². The minimum absolute atomic E-state index is 0.577. The first kappa shape index (κ1) is 12.9. The van der Waals surface area contributed by atoms with Crippen molar-refractivity contribution in [1.82, 2.24) is 5.32 Å². The van der Waals surface area contributed by atoms with Crippen LogP contribution in [0.15, 0.2) is 18.2 Å². The monoisotopic (exact) mass is 244 g/mol. The third-order valence-corrected chi connectivity index (χ3v) is 3.46. The zero-order valence-electron chi connectivity index (χ0n) is 10.9. The van der Waals surface area contributed by atoms with E-state index in [1.165, 1.54) is 19.3 Å². The van der Waals surface area contributed by atoms with Gasteiger partial charge in [-0.3, -0.25) is 0 Å². The minimum atomic E-state index is 0.577. The number of aryl methyl sites for hydroxylation is 1. The second kappa shape index (κ2) is 6.42. The van der Waals surface area contributed by atoms with Gasteiger partial charge in [-0.05, 0) is 44.4 Å². The van der Waals surface area contributed by atoms with Crippen LogP contribution >= 0.6 is 0 Å². The molecule has 1 heterocycles. The van der Waals surface area contributed by atoms with Crippen LogP contribution in [-0.2, 0) is 0 Å². The summed E-state index contributed by atoms with van der Waals surface area (Å²) in [7, 11) is 0. The number of nitriles is 1. The highest BCUT2D eigenvalue weighted by Gasteiger charge is 2.13. The van der Waals surface area contributed by atoms with Crippen LogP contribution in [0.5, 0.6) is 5.75 Å². The van der Waals surface area contributed by atoms with Crippen molar-refractivity contribution in [3.63, 3.8) is 0 Å². The maximum Gasteiger partial charge on any atom is 0.139 e. The highest BCUT2D eigenvalue weighted by molar-refractivity contribution is 5.47. The molecule has 96 valence electrons. The third kappa shape index (κ3) is 3.24. The van der Waals surface area contributed by atoms with Crippen molar-refractivity contribution in [1.29, 1.82) is 5.26 Å². The van der Waals surface area contributed by atoms with Gasteiger partial charge in [0.15, 0.2) is 0 Å². The Hall–Kier alpha value is -1.53. The molecule has 1 aromatic carbocycles. The quantitative estimate of drug-likeness (QED) is 0.885. The number of nitrogens with one attached hydrogen (secondary N) is 1. The number of para-hydroxylation sites is 1. The van der Waals surface area contributed by atoms with Crippen LogP contribution in [0.1, 0.15) is 36.8 Å². The molecule has 0 amide bonds. The number of benzene rings is 1. The smallest absolute Gasteiger partial charge is 0.139 e. The van der Waals surface area contributed by atoms with Gasteiger partial charge in [0, 0.05) is 6.04 Å². The van der Waals surface area contributed by atoms with Crippen LogP contribution in [0.3, 0.4) is 0 Å². The molecular formula is C15H20N2O. The van der Waals surface area contributed by atoms with Crippen molar-refractivity contribution < 1.29 is 4.74 Å². The summed E-state index contributed by atoms with van der Waals surface area (Å²) in [5, 5.41) is 12.6. The lowest BCUT2D eigenvalue weighted by Crippen LogP contribution is -2.35. The Labute approximate surface area is 109 Å². The fourth-order valence-electron chi connectivity index (χ4n) is 2.41. The molecule has 1 fully saturated rings. The SMILES string of the molecule is Cc1cccc(C#N)c1OCCC1CCCCN1. The summed E-state index contributed by atoms with van der Waals surface area (Å²) < 4.78 is 5.80. The van der Waals surface area contributed by atoms with E-state index < -0.39 is 0 Å². The van der Waals surface area contributed by atoms with Gasteiger partial charge in [0.25, 0.3) is 0 Å². The van der Waals surface area contributed by atoms with Crippen molar-refractivity contribution >= 4 is 0 Å². The van der Waals surface area contributed by atoms with Crippen LogP contribution in [0, 0.1) is 18.3 Å². The Morgan fingerprint density at radius 1 is 1.44 bits per heavy atom. The molecule has 1 aliphatic rings. The number of rotatable bonds is 4. The van der Waals surface area contributed by atoms with E-state index in [2.05, 4.69) is 11.4 Å². The first-order valence-corrected chi connectivity index (χ1v) is 6.67. The zero-order chi connectivity index (χ0) is 12.8. The molecule has 0 aliphatic carbocycles. The highest BCUT2D eigenvalue weighted by Crippen LogP contribution is 2.23. The number of hydrogen-bond acceptors (Lipinski definition) is 3. The normalized spacial score (nSPS) is 19.2. The van der Waals surface area contributed by atoms with Crippen LogP contribution in [0.2, 0.25) is 0 Å². The molecule has 0 saturated carbocycles. The molecule has 3 heteroatoms. The average Bonchev–Trinajstić information content (AvgIpc) is 2.41. The van der Waals surface area contributed by atoms with Gasteiger partial charge in [-0.1, -0.05) is 18.6 Å². The number of ether oxygens (including phenoxy) is 1. The fraction of sp³-hybridized carbons (Fsp3) is 0.533. The van der Waals surface area contributed by atoms with Crippen LogP contribution in [0.4, 0.5) is 0 Å². The Balaban J connectivity index is 1.88. The Morgan fingerprint density at radius 3 is 3.06 bits per heavy atom. The summed E-state index contributed by atoms with van der Waals surface area (Å²) in [5.41, 5.74) is 1.66. The van der Waals surface area contributed by atoms with Gasteiger partial charge < -0.3 is 10.1 Å². The van der Waals surface area contributed by atoms with Crippen LogP contribution < -0.4 is 10.1 Å². The van der Waals surface area contributed by atoms with Gasteiger partial charge in [0.1, 0.15) is 11.8 Å². The Kier molecular flexibility index (Phi) is 4.60. The van der Waals surface area contributed by atoms with E-state index in [1.54, 1.807) is 6.07 Å². The lowest BCUT2D eigenvalue weighted by atomic mass is 10.0. The zero-order valence-corrected chi connectivity index (χ0v) is 10.9. The van der Waals surface area contributed by atoms with Gasteiger partial charge >= 0.3 is 0 Å². The summed E-state index contributed by atoms with van der Waals surface area (Å²) >= 11 is 0. The first-order chi connectivity index (χ1) is 8.81. The van der Waals surface area contributed by atoms with Crippen molar-refractivity contribution in [2.24, 2.45) is 0 Å². The van der Waals surface area contributed by atoms with Crippen molar-refractivity contribution in [3.8, 4) is 11.8 Å². The fourth-order valence-corrected chi connectivity index (χ4v) is 2.41. The second-order valence-corrected chi connectivity index (χ2v) is 4.85. The molecule has 0 aromatic heterocycles. The Morgan fingerprint density at radius 2 is 2.33 bits per heavy atom. The van der Waals surface area contributed by atoms with Gasteiger partial charge in [-0.2, -0.15) is 5.26 Å². The predicted molar refractivity (Wildman–Crippen MR) is 71.6 cm³/mol. The van der Waals surface area contributed by atoms with Gasteiger partial charge in [0.2, 0.25) is 0 Å². The number of piperidine rings is 1. The minimum Gasteiger partial charge on any atom is -0.492 e. The third-order valence-electron chi connectivity index (χ3n) is 3.46. The molecule has 1 aliphatic heterocycles. The molecule has 0 spiro atoms. The maximum atomic E-state index is 9.05. The average molecular weight is 244 g/mol. The molecule has 1 atom stereocenters. The number of nitrogens with zero attached hydrogens (tertiary/aromatic N) is 1. The summed E-state index contributed by atoms with van der Waals surface area (Å²) in [6.45, 7) is 3.78. The van der Waals surface area contributed by atoms with E-state index in [4.69, 9.17) is 10.00 Å². The standard InChI is InChI=1S/C15H20N2O/c1-12-5-4-6-13(11-16)15(12)18-10-8-14-7-2-3-9-17-14/h4-6,14,17H,2-3,7-10H2,1H3. The van der Waals surface area contributed by atoms with E-state index in [0.29, 0.717) is 18.2 Å². The maximum absolute atomic E-state index is 9.05. The van der Waals surface area contributed by atoms with Crippen LogP contribution in [0.25, 0.3) is 0 Å². The predicted octanol–water partition coefficient (Wildman–Crippen LogP) is 2.78. The van der Waals surface area contributed by atoms with Gasteiger partial charge in [0.05, 0.1) is 12.2 Å². The van der Waals surface area contributed by atoms with E-state index in [0.717, 1.165) is 24.3 Å². The molecule has 1 saturated heterocycles. The van der Waals surface area contributed by atoms with Crippen molar-refractivity contribution in [2.45, 2.75) is 38.6 Å². The van der Waals surface area contributed by atoms with Gasteiger partial charge in [-0.15, -0.1) is 0 Å². The molecule has 0 bridgehead atoms. The summed E-state index contributed by atoms with van der Waals surface area (Å²) in [4.78, 5) is 0. The number of hydrogen-bond donors (Lipinski definition) is 1. The second-order valence-electron chi connectivity index (χ2n) is 4.85. The van der Waals surface area contributed by atoms with E-state index in [9.17, 15) is 0 Å². The molecule has 18 heavy (non-hydrogen) atoms. The lowest BCUT2D eigenvalue weighted by molar-refractivity contribution is 0.266. The highest BCUT2D eigenvalue weighted by atomic mass is 16.5. The Bertz CT molecular complexity index is 431. The molecule has 1 N–H and O–H groups in total. The molecular weight excluding hydrogens is 224 g/mol. The lowest BCUT2D eigenvalue weighted by Gasteiger charge is -2.23. The topological polar surface area (TPSA) is 45.0 Å².